The number of aliphatic carboxylic acids is 3. The topological polar surface area (TPSA) is 239 Å². The van der Waals surface area contributed by atoms with Gasteiger partial charge in [0.1, 0.15) is 24.0 Å². The van der Waals surface area contributed by atoms with Crippen LogP contribution < -0.4 is 21.1 Å². The minimum atomic E-state index is -1.90. The Bertz CT molecular complexity index is 1850. The number of aryl methyl sites for hydroxylation is 1. The molecule has 2 aromatic carbocycles. The molecular formula is C33H35N5O10. The third kappa shape index (κ3) is 7.96. The van der Waals surface area contributed by atoms with Crippen molar-refractivity contribution in [3.63, 3.8) is 0 Å². The lowest BCUT2D eigenvalue weighted by atomic mass is 9.94. The number of hydrogen-bond acceptors (Lipinski definition) is 9. The molecule has 0 spiro atoms. The number of carboxylic acids is 3. The molecule has 4 rings (SSSR count). The third-order valence-electron chi connectivity index (χ3n) is 8.30. The first kappa shape index (κ1) is 35.1. The van der Waals surface area contributed by atoms with E-state index in [1.54, 1.807) is 18.2 Å². The van der Waals surface area contributed by atoms with Crippen molar-refractivity contribution in [2.24, 2.45) is 0 Å². The number of rotatable bonds is 15. The Morgan fingerprint density at radius 1 is 1.12 bits per heavy atom. The highest BCUT2D eigenvalue weighted by Gasteiger charge is 2.36. The van der Waals surface area contributed by atoms with Crippen LogP contribution in [0.3, 0.4) is 0 Å². The van der Waals surface area contributed by atoms with Crippen molar-refractivity contribution in [2.45, 2.75) is 69.7 Å². The van der Waals surface area contributed by atoms with Gasteiger partial charge in [-0.15, -0.1) is 6.42 Å². The van der Waals surface area contributed by atoms with Gasteiger partial charge >= 0.3 is 17.9 Å². The second-order valence-corrected chi connectivity index (χ2v) is 11.7. The molecule has 0 unspecified atom stereocenters. The largest absolute Gasteiger partial charge is 0.481 e. The molecule has 0 radical (unpaired) electrons. The number of carbonyl (C=O) groups excluding carboxylic acids is 2. The molecule has 1 aliphatic carbocycles. The number of nitrogens with one attached hydrogen (secondary N) is 3. The van der Waals surface area contributed by atoms with Crippen LogP contribution in [0.5, 0.6) is 0 Å². The predicted octanol–water partition coefficient (Wildman–Crippen LogP) is 1.33. The number of benzene rings is 2. The van der Waals surface area contributed by atoms with Gasteiger partial charge in [0.2, 0.25) is 5.91 Å². The molecule has 0 saturated carbocycles. The summed E-state index contributed by atoms with van der Waals surface area (Å²) >= 11 is 0. The first-order valence-corrected chi connectivity index (χ1v) is 15.0. The summed E-state index contributed by atoms with van der Waals surface area (Å²) < 4.78 is 0. The monoisotopic (exact) mass is 661 g/mol. The molecule has 15 nitrogen and oxygen atoms in total. The summed E-state index contributed by atoms with van der Waals surface area (Å²) in [5.41, 5.74) is 0.920. The van der Waals surface area contributed by atoms with E-state index >= 15 is 0 Å². The SMILES string of the molecule is C#CCN(c1ccc(C(=O)N[C@](C)(CCC(=O)N[C@H](CCC(=O)O)C(=O)O)C(=O)O)cc1)[C@H]1CCc2cc3nc(CO)[nH]c(=O)c3cc21. The number of hydrogen-bond donors (Lipinski definition) is 7. The Balaban J connectivity index is 1.47. The summed E-state index contributed by atoms with van der Waals surface area (Å²) in [6, 6.07) is 8.31. The second kappa shape index (κ2) is 14.8. The van der Waals surface area contributed by atoms with E-state index in [1.807, 2.05) is 11.0 Å². The lowest BCUT2D eigenvalue weighted by Gasteiger charge is -2.30. The van der Waals surface area contributed by atoms with Crippen LogP contribution in [0.25, 0.3) is 10.9 Å². The summed E-state index contributed by atoms with van der Waals surface area (Å²) in [6.45, 7) is 1.03. The van der Waals surface area contributed by atoms with Crippen LogP contribution in [0, 0.1) is 12.3 Å². The number of H-pyrrole nitrogens is 1. The lowest BCUT2D eigenvalue weighted by molar-refractivity contribution is -0.145. The van der Waals surface area contributed by atoms with Crippen molar-refractivity contribution >= 4 is 46.3 Å². The molecule has 7 N–H and O–H groups in total. The molecule has 0 fully saturated rings. The zero-order valence-electron chi connectivity index (χ0n) is 26.0. The van der Waals surface area contributed by atoms with Crippen LogP contribution >= 0.6 is 0 Å². The number of carboxylic acid groups (broad SMARTS) is 3. The smallest absolute Gasteiger partial charge is 0.329 e. The van der Waals surface area contributed by atoms with Crippen LogP contribution in [0.1, 0.15) is 72.4 Å². The number of anilines is 1. The van der Waals surface area contributed by atoms with Gasteiger partial charge in [0, 0.05) is 24.1 Å². The zero-order chi connectivity index (χ0) is 35.2. The number of aliphatic hydroxyl groups excluding tert-OH is 1. The van der Waals surface area contributed by atoms with Crippen molar-refractivity contribution in [2.75, 3.05) is 11.4 Å². The van der Waals surface area contributed by atoms with Crippen molar-refractivity contribution in [1.82, 2.24) is 20.6 Å². The van der Waals surface area contributed by atoms with Crippen LogP contribution in [0.2, 0.25) is 0 Å². The van der Waals surface area contributed by atoms with Crippen LogP contribution in [0.4, 0.5) is 5.69 Å². The molecular weight excluding hydrogens is 626 g/mol. The molecule has 1 aliphatic rings. The van der Waals surface area contributed by atoms with E-state index in [0.717, 1.165) is 11.1 Å². The highest BCUT2D eigenvalue weighted by molar-refractivity contribution is 5.98. The van der Waals surface area contributed by atoms with E-state index in [1.165, 1.54) is 19.1 Å². The summed E-state index contributed by atoms with van der Waals surface area (Å²) in [7, 11) is 0. The Morgan fingerprint density at radius 3 is 2.44 bits per heavy atom. The minimum absolute atomic E-state index is 0.131. The highest BCUT2D eigenvalue weighted by atomic mass is 16.4. The fraction of sp³-hybridized carbons (Fsp3) is 0.364. The average Bonchev–Trinajstić information content (AvgIpc) is 3.45. The maximum absolute atomic E-state index is 13.1. The maximum atomic E-state index is 13.1. The predicted molar refractivity (Wildman–Crippen MR) is 171 cm³/mol. The van der Waals surface area contributed by atoms with E-state index in [0.29, 0.717) is 29.4 Å². The average molecular weight is 662 g/mol. The molecule has 1 heterocycles. The Kier molecular flexibility index (Phi) is 10.8. The molecule has 15 heteroatoms. The van der Waals surface area contributed by atoms with Gasteiger partial charge in [0.15, 0.2) is 0 Å². The number of carbonyl (C=O) groups is 5. The molecule has 1 aromatic heterocycles. The van der Waals surface area contributed by atoms with Gasteiger partial charge in [-0.3, -0.25) is 19.2 Å². The first-order chi connectivity index (χ1) is 22.8. The van der Waals surface area contributed by atoms with Gasteiger partial charge in [0.25, 0.3) is 11.5 Å². The van der Waals surface area contributed by atoms with Gasteiger partial charge < -0.3 is 40.9 Å². The lowest BCUT2D eigenvalue weighted by Crippen LogP contribution is -2.53. The van der Waals surface area contributed by atoms with E-state index in [-0.39, 0.29) is 42.4 Å². The number of aromatic amines is 1. The molecule has 2 amide bonds. The van der Waals surface area contributed by atoms with Crippen LogP contribution in [0.15, 0.2) is 41.2 Å². The first-order valence-electron chi connectivity index (χ1n) is 15.0. The standard InChI is InChI=1S/C33H35N5O10/c1-3-14-38(25-10-6-19-15-24-22(16-21(19)25)30(44)36-26(17-39)34-24)20-7-4-18(5-8-20)29(43)37-33(2,32(47)48)13-12-27(40)35-23(31(45)46)9-11-28(41)42/h1,4-5,7-8,15-16,23,25,39H,6,9-14,17H2,2H3,(H,35,40)(H,37,43)(H,41,42)(H,45,46)(H,47,48)(H,34,36,44)/t23-,25+,33-/m1/s1. The maximum Gasteiger partial charge on any atom is 0.329 e. The molecule has 0 bridgehead atoms. The van der Waals surface area contributed by atoms with Gasteiger partial charge in [-0.25, -0.2) is 14.6 Å². The number of aliphatic hydroxyl groups is 1. The molecule has 3 aromatic rings. The normalized spacial score (nSPS) is 15.4. The van der Waals surface area contributed by atoms with Gasteiger partial charge in [-0.1, -0.05) is 5.92 Å². The Hall–Kier alpha value is -5.75. The van der Waals surface area contributed by atoms with Gasteiger partial charge in [-0.05, 0) is 80.1 Å². The van der Waals surface area contributed by atoms with Gasteiger partial charge in [-0.2, -0.15) is 0 Å². The summed E-state index contributed by atoms with van der Waals surface area (Å²) in [5.74, 6) is -2.81. The summed E-state index contributed by atoms with van der Waals surface area (Å²) in [4.78, 5) is 81.4. The molecule has 0 aliphatic heterocycles. The number of nitrogens with zero attached hydrogens (tertiary/aromatic N) is 2. The quantitative estimate of drug-likeness (QED) is 0.114. The van der Waals surface area contributed by atoms with E-state index in [9.17, 15) is 44.1 Å². The van der Waals surface area contributed by atoms with E-state index in [2.05, 4.69) is 26.5 Å². The van der Waals surface area contributed by atoms with Crippen LogP contribution in [-0.2, 0) is 32.2 Å². The van der Waals surface area contributed by atoms with Crippen molar-refractivity contribution in [3.8, 4) is 12.3 Å². The Labute approximate surface area is 274 Å². The zero-order valence-corrected chi connectivity index (χ0v) is 26.0. The van der Waals surface area contributed by atoms with Crippen molar-refractivity contribution < 1.29 is 44.4 Å². The van der Waals surface area contributed by atoms with Crippen molar-refractivity contribution in [3.05, 3.63) is 69.3 Å². The van der Waals surface area contributed by atoms with Gasteiger partial charge in [0.05, 0.1) is 23.5 Å². The van der Waals surface area contributed by atoms with E-state index < -0.39 is 60.8 Å². The Morgan fingerprint density at radius 2 is 1.83 bits per heavy atom. The number of terminal acetylenes is 1. The highest BCUT2D eigenvalue weighted by Crippen LogP contribution is 2.39. The molecule has 252 valence electrons. The molecule has 0 saturated heterocycles. The van der Waals surface area contributed by atoms with E-state index in [4.69, 9.17) is 11.5 Å². The molecule has 48 heavy (non-hydrogen) atoms. The number of fused-ring (bicyclic) bond motifs is 2. The fourth-order valence-corrected chi connectivity index (χ4v) is 5.65. The summed E-state index contributed by atoms with van der Waals surface area (Å²) in [6.07, 6.45) is 5.42. The minimum Gasteiger partial charge on any atom is -0.481 e. The number of aromatic nitrogens is 2. The molecule has 3 atom stereocenters. The third-order valence-corrected chi connectivity index (χ3v) is 8.30. The van der Waals surface area contributed by atoms with Crippen LogP contribution in [-0.4, -0.2) is 78.2 Å². The second-order valence-electron chi connectivity index (χ2n) is 11.7. The fourth-order valence-electron chi connectivity index (χ4n) is 5.65. The number of amides is 2. The summed E-state index contributed by atoms with van der Waals surface area (Å²) in [5, 5.41) is 42.3. The van der Waals surface area contributed by atoms with Crippen molar-refractivity contribution in [1.29, 1.82) is 0 Å².